The lowest BCUT2D eigenvalue weighted by Crippen LogP contribution is -2.27. The molecule has 0 amide bonds. The van der Waals surface area contributed by atoms with E-state index in [0.717, 1.165) is 11.3 Å². The highest BCUT2D eigenvalue weighted by molar-refractivity contribution is 5.87. The van der Waals surface area contributed by atoms with Gasteiger partial charge in [0.15, 0.2) is 0 Å². The van der Waals surface area contributed by atoms with Crippen LogP contribution in [0.5, 0.6) is 5.88 Å². The summed E-state index contributed by atoms with van der Waals surface area (Å²) in [5, 5.41) is 19.9. The third kappa shape index (κ3) is 3.80. The van der Waals surface area contributed by atoms with Crippen LogP contribution >= 0.6 is 0 Å². The van der Waals surface area contributed by atoms with Crippen LogP contribution in [0, 0.1) is 38.0 Å². The maximum atomic E-state index is 12.4. The molecule has 1 aromatic heterocycles. The van der Waals surface area contributed by atoms with Gasteiger partial charge in [0.2, 0.25) is 5.88 Å². The lowest BCUT2D eigenvalue weighted by Gasteiger charge is -2.15. The molecule has 0 bridgehead atoms. The van der Waals surface area contributed by atoms with Crippen molar-refractivity contribution in [2.45, 2.75) is 41.2 Å². The Bertz CT molecular complexity index is 931. The molecule has 25 heavy (non-hydrogen) atoms. The molecule has 0 saturated heterocycles. The highest BCUT2D eigenvalue weighted by Crippen LogP contribution is 2.23. The monoisotopic (exact) mass is 337 g/mol. The van der Waals surface area contributed by atoms with E-state index in [1.54, 1.807) is 6.92 Å². The molecule has 0 fully saturated rings. The fraction of sp³-hybridized carbons (Fsp3) is 0.350. The van der Waals surface area contributed by atoms with E-state index in [0.29, 0.717) is 17.7 Å². The van der Waals surface area contributed by atoms with Crippen molar-refractivity contribution in [1.29, 1.82) is 5.26 Å². The molecular formula is C20H23N3O2. The molecule has 0 atom stereocenters. The molecular weight excluding hydrogens is 314 g/mol. The van der Waals surface area contributed by atoms with Crippen molar-refractivity contribution in [2.75, 3.05) is 0 Å². The minimum atomic E-state index is -0.463. The zero-order valence-electron chi connectivity index (χ0n) is 15.3. The molecule has 1 aromatic carbocycles. The number of aromatic nitrogens is 1. The van der Waals surface area contributed by atoms with Crippen LogP contribution in [0.1, 0.15) is 41.7 Å². The van der Waals surface area contributed by atoms with Crippen molar-refractivity contribution in [3.05, 3.63) is 56.4 Å². The lowest BCUT2D eigenvalue weighted by molar-refractivity contribution is 0.381. The summed E-state index contributed by atoms with van der Waals surface area (Å²) in [5.74, 6) is 0.00479. The molecule has 130 valence electrons. The normalized spacial score (nSPS) is 11.2. The fourth-order valence-corrected chi connectivity index (χ4v) is 2.61. The van der Waals surface area contributed by atoms with Crippen molar-refractivity contribution in [2.24, 2.45) is 10.9 Å². The van der Waals surface area contributed by atoms with E-state index in [1.807, 2.05) is 52.0 Å². The lowest BCUT2D eigenvalue weighted by atomic mass is 10.1. The fourth-order valence-electron chi connectivity index (χ4n) is 2.61. The summed E-state index contributed by atoms with van der Waals surface area (Å²) in [6.07, 6.45) is 1.52. The van der Waals surface area contributed by atoms with Crippen molar-refractivity contribution >= 4 is 11.9 Å². The molecule has 2 aromatic rings. The minimum absolute atomic E-state index is 0.0417. The van der Waals surface area contributed by atoms with Crippen LogP contribution < -0.4 is 5.56 Å². The smallest absolute Gasteiger partial charge is 0.271 e. The van der Waals surface area contributed by atoms with E-state index in [4.69, 9.17) is 0 Å². The second-order valence-electron chi connectivity index (χ2n) is 6.69. The summed E-state index contributed by atoms with van der Waals surface area (Å²) in [6, 6.07) is 7.78. The first-order valence-electron chi connectivity index (χ1n) is 8.24. The van der Waals surface area contributed by atoms with Crippen LogP contribution in [0.4, 0.5) is 5.69 Å². The number of aryl methyl sites for hydroxylation is 2. The predicted molar refractivity (Wildman–Crippen MR) is 99.8 cm³/mol. The van der Waals surface area contributed by atoms with Crippen LogP contribution in [0.3, 0.4) is 0 Å². The van der Waals surface area contributed by atoms with Gasteiger partial charge in [0, 0.05) is 12.8 Å². The van der Waals surface area contributed by atoms with Gasteiger partial charge in [-0.3, -0.25) is 14.4 Å². The largest absolute Gasteiger partial charge is 0.494 e. The molecule has 1 heterocycles. The van der Waals surface area contributed by atoms with Crippen LogP contribution in [0.25, 0.3) is 0 Å². The second-order valence-corrected chi connectivity index (χ2v) is 6.69. The Balaban J connectivity index is 2.60. The van der Waals surface area contributed by atoms with Crippen molar-refractivity contribution in [3.63, 3.8) is 0 Å². The van der Waals surface area contributed by atoms with Gasteiger partial charge in [0.1, 0.15) is 11.6 Å². The molecule has 2 rings (SSSR count). The van der Waals surface area contributed by atoms with Crippen LogP contribution in [-0.4, -0.2) is 15.9 Å². The maximum Gasteiger partial charge on any atom is 0.271 e. The number of hydrogen-bond acceptors (Lipinski definition) is 4. The van der Waals surface area contributed by atoms with Gasteiger partial charge in [-0.2, -0.15) is 5.26 Å². The quantitative estimate of drug-likeness (QED) is 0.863. The Morgan fingerprint density at radius 1 is 1.28 bits per heavy atom. The number of nitriles is 1. The minimum Gasteiger partial charge on any atom is -0.494 e. The molecule has 0 spiro atoms. The van der Waals surface area contributed by atoms with E-state index in [9.17, 15) is 15.2 Å². The average Bonchev–Trinajstić information content (AvgIpc) is 2.55. The second kappa shape index (κ2) is 7.35. The van der Waals surface area contributed by atoms with Crippen LogP contribution in [-0.2, 0) is 6.54 Å². The summed E-state index contributed by atoms with van der Waals surface area (Å²) in [7, 11) is 0. The van der Waals surface area contributed by atoms with Gasteiger partial charge >= 0.3 is 0 Å². The first kappa shape index (κ1) is 18.5. The first-order chi connectivity index (χ1) is 11.8. The summed E-state index contributed by atoms with van der Waals surface area (Å²) >= 11 is 0. The third-order valence-corrected chi connectivity index (χ3v) is 4.23. The van der Waals surface area contributed by atoms with Gasteiger partial charge < -0.3 is 5.11 Å². The molecule has 0 saturated carbocycles. The topological polar surface area (TPSA) is 78.4 Å². The van der Waals surface area contributed by atoms with Crippen molar-refractivity contribution in [3.8, 4) is 11.9 Å². The predicted octanol–water partition coefficient (Wildman–Crippen LogP) is 3.76. The number of pyridine rings is 1. The van der Waals surface area contributed by atoms with Gasteiger partial charge in [-0.15, -0.1) is 0 Å². The Morgan fingerprint density at radius 2 is 1.96 bits per heavy atom. The summed E-state index contributed by atoms with van der Waals surface area (Å²) < 4.78 is 1.25. The summed E-state index contributed by atoms with van der Waals surface area (Å²) in [5.41, 5.74) is 3.47. The Morgan fingerprint density at radius 3 is 2.52 bits per heavy atom. The standard InChI is InChI=1S/C20H23N3O2/c1-12(2)11-23-19(24)17(9-21)15(5)18(20(23)25)10-22-16-7-6-13(3)14(4)8-16/h6-8,10,12,25H,11H2,1-5H3. The van der Waals surface area contributed by atoms with E-state index in [2.05, 4.69) is 4.99 Å². The molecule has 5 nitrogen and oxygen atoms in total. The van der Waals surface area contributed by atoms with Crippen molar-refractivity contribution < 1.29 is 5.11 Å². The zero-order valence-corrected chi connectivity index (χ0v) is 15.3. The van der Waals surface area contributed by atoms with Crippen LogP contribution in [0.2, 0.25) is 0 Å². The highest BCUT2D eigenvalue weighted by Gasteiger charge is 2.18. The molecule has 0 radical (unpaired) electrons. The van der Waals surface area contributed by atoms with Crippen LogP contribution in [0.15, 0.2) is 28.0 Å². The number of rotatable bonds is 4. The van der Waals surface area contributed by atoms with E-state index < -0.39 is 5.56 Å². The Hall–Kier alpha value is -2.87. The van der Waals surface area contributed by atoms with Gasteiger partial charge in [-0.25, -0.2) is 0 Å². The van der Waals surface area contributed by atoms with E-state index in [1.165, 1.54) is 16.3 Å². The molecule has 0 aliphatic rings. The Kier molecular flexibility index (Phi) is 5.43. The zero-order chi connectivity index (χ0) is 18.7. The summed E-state index contributed by atoms with van der Waals surface area (Å²) in [4.78, 5) is 16.8. The Labute approximate surface area is 147 Å². The molecule has 5 heteroatoms. The number of aromatic hydroxyl groups is 1. The van der Waals surface area contributed by atoms with Gasteiger partial charge in [0.25, 0.3) is 5.56 Å². The molecule has 0 unspecified atom stereocenters. The number of benzene rings is 1. The van der Waals surface area contributed by atoms with Crippen molar-refractivity contribution in [1.82, 2.24) is 4.57 Å². The third-order valence-electron chi connectivity index (χ3n) is 4.23. The molecule has 1 N–H and O–H groups in total. The molecule has 0 aliphatic heterocycles. The van der Waals surface area contributed by atoms with Gasteiger partial charge in [-0.05, 0) is 55.5 Å². The number of nitrogens with zero attached hydrogens (tertiary/aromatic N) is 3. The number of hydrogen-bond donors (Lipinski definition) is 1. The first-order valence-corrected chi connectivity index (χ1v) is 8.24. The maximum absolute atomic E-state index is 12.4. The average molecular weight is 337 g/mol. The van der Waals surface area contributed by atoms with E-state index >= 15 is 0 Å². The highest BCUT2D eigenvalue weighted by atomic mass is 16.3. The molecule has 0 aliphatic carbocycles. The van der Waals surface area contributed by atoms with Gasteiger partial charge in [0.05, 0.1) is 11.3 Å². The van der Waals surface area contributed by atoms with Gasteiger partial charge in [-0.1, -0.05) is 19.9 Å². The SMILES string of the molecule is Cc1ccc(N=Cc2c(C)c(C#N)c(=O)n(CC(C)C)c2O)cc1C. The van der Waals surface area contributed by atoms with E-state index in [-0.39, 0.29) is 17.4 Å². The summed E-state index contributed by atoms with van der Waals surface area (Å²) in [6.45, 7) is 9.92. The number of aliphatic imine (C=N–C) groups is 1.